The molecule has 0 aromatic heterocycles. The average molecular weight is 322 g/mol. The fourth-order valence-corrected chi connectivity index (χ4v) is 1.58. The Labute approximate surface area is 124 Å². The van der Waals surface area contributed by atoms with Gasteiger partial charge >= 0.3 is 17.4 Å². The summed E-state index contributed by atoms with van der Waals surface area (Å²) < 4.78 is 29.8. The normalized spacial score (nSPS) is 12.5. The van der Waals surface area contributed by atoms with Gasteiger partial charge in [0.2, 0.25) is 0 Å². The zero-order valence-corrected chi connectivity index (χ0v) is 11.6. The van der Waals surface area contributed by atoms with Gasteiger partial charge in [-0.15, -0.1) is 0 Å². The average Bonchev–Trinajstić information content (AvgIpc) is 2.41. The number of amides is 1. The second-order valence-corrected chi connectivity index (χ2v) is 4.80. The maximum absolute atomic E-state index is 12.5. The number of ether oxygens (including phenoxy) is 1. The van der Waals surface area contributed by atoms with Gasteiger partial charge in [0.25, 0.3) is 0 Å². The standard InChI is InChI=1S/C13H14ClF2NO4/c14-13(15,16)7-6-10(11(18)19)17-12(20)21-8-9-4-2-1-3-5-9/h1-5,10H,6-8H2,(H,17,20)(H,18,19). The predicted octanol–water partition coefficient (Wildman–Crippen LogP) is 2.98. The Bertz CT molecular complexity index is 479. The minimum absolute atomic E-state index is 0.0509. The van der Waals surface area contributed by atoms with Gasteiger partial charge < -0.3 is 15.2 Å². The summed E-state index contributed by atoms with van der Waals surface area (Å²) in [5.74, 6) is -1.44. The molecule has 0 fully saturated rings. The summed E-state index contributed by atoms with van der Waals surface area (Å²) in [7, 11) is 0. The van der Waals surface area contributed by atoms with Gasteiger partial charge in [-0.2, -0.15) is 8.78 Å². The van der Waals surface area contributed by atoms with E-state index in [1.54, 1.807) is 30.3 Å². The zero-order valence-electron chi connectivity index (χ0n) is 10.9. The molecule has 0 heterocycles. The predicted molar refractivity (Wildman–Crippen MR) is 71.2 cm³/mol. The Morgan fingerprint density at radius 3 is 2.48 bits per heavy atom. The summed E-state index contributed by atoms with van der Waals surface area (Å²) in [6, 6.07) is 7.23. The largest absolute Gasteiger partial charge is 0.480 e. The summed E-state index contributed by atoms with van der Waals surface area (Å²) in [4.78, 5) is 22.3. The van der Waals surface area contributed by atoms with Crippen molar-refractivity contribution < 1.29 is 28.2 Å². The van der Waals surface area contributed by atoms with E-state index in [9.17, 15) is 18.4 Å². The van der Waals surface area contributed by atoms with Crippen LogP contribution in [0.1, 0.15) is 18.4 Å². The minimum Gasteiger partial charge on any atom is -0.480 e. The summed E-state index contributed by atoms with van der Waals surface area (Å²) in [5.41, 5.74) is 0.715. The van der Waals surface area contributed by atoms with Crippen molar-refractivity contribution >= 4 is 23.7 Å². The second kappa shape index (κ2) is 7.78. The number of hydrogen-bond acceptors (Lipinski definition) is 3. The third kappa shape index (κ3) is 7.45. The summed E-state index contributed by atoms with van der Waals surface area (Å²) in [5, 5.41) is 7.34. The number of alkyl carbamates (subject to hydrolysis) is 1. The Balaban J connectivity index is 2.43. The van der Waals surface area contributed by atoms with E-state index in [-0.39, 0.29) is 6.61 Å². The molecule has 1 aromatic carbocycles. The molecule has 1 atom stereocenters. The SMILES string of the molecule is O=C(NC(CCC(F)(F)Cl)C(=O)O)OCc1ccccc1. The number of aliphatic carboxylic acids is 1. The van der Waals surface area contributed by atoms with Crippen molar-refractivity contribution in [3.05, 3.63) is 35.9 Å². The van der Waals surface area contributed by atoms with E-state index in [1.165, 1.54) is 0 Å². The quantitative estimate of drug-likeness (QED) is 0.757. The van der Waals surface area contributed by atoms with Gasteiger partial charge in [0, 0.05) is 6.42 Å². The van der Waals surface area contributed by atoms with Crippen LogP contribution in [0.25, 0.3) is 0 Å². The highest BCUT2D eigenvalue weighted by Gasteiger charge is 2.29. The lowest BCUT2D eigenvalue weighted by molar-refractivity contribution is -0.139. The van der Waals surface area contributed by atoms with E-state index < -0.39 is 36.3 Å². The minimum atomic E-state index is -3.51. The molecule has 21 heavy (non-hydrogen) atoms. The van der Waals surface area contributed by atoms with Crippen LogP contribution in [-0.2, 0) is 16.1 Å². The molecule has 2 N–H and O–H groups in total. The second-order valence-electron chi connectivity index (χ2n) is 4.25. The van der Waals surface area contributed by atoms with Crippen LogP contribution in [0.3, 0.4) is 0 Å². The van der Waals surface area contributed by atoms with Gasteiger partial charge in [-0.3, -0.25) is 0 Å². The van der Waals surface area contributed by atoms with Crippen LogP contribution < -0.4 is 5.32 Å². The number of alkyl halides is 3. The molecule has 0 radical (unpaired) electrons. The van der Waals surface area contributed by atoms with E-state index in [0.29, 0.717) is 5.56 Å². The molecule has 0 aliphatic rings. The first-order valence-corrected chi connectivity index (χ1v) is 6.42. The maximum atomic E-state index is 12.5. The smallest absolute Gasteiger partial charge is 0.408 e. The molecule has 8 heteroatoms. The van der Waals surface area contributed by atoms with E-state index in [2.05, 4.69) is 11.6 Å². The van der Waals surface area contributed by atoms with E-state index >= 15 is 0 Å². The number of benzene rings is 1. The molecule has 0 saturated heterocycles. The molecule has 0 saturated carbocycles. The Hall–Kier alpha value is -1.89. The first-order valence-electron chi connectivity index (χ1n) is 6.04. The molecule has 116 valence electrons. The Morgan fingerprint density at radius 2 is 1.95 bits per heavy atom. The van der Waals surface area contributed by atoms with Gasteiger partial charge in [0.1, 0.15) is 12.6 Å². The van der Waals surface area contributed by atoms with Crippen LogP contribution in [0.5, 0.6) is 0 Å². The zero-order chi connectivity index (χ0) is 15.9. The number of carbonyl (C=O) groups excluding carboxylic acids is 1. The summed E-state index contributed by atoms with van der Waals surface area (Å²) >= 11 is 4.69. The third-order valence-corrected chi connectivity index (χ3v) is 2.71. The summed E-state index contributed by atoms with van der Waals surface area (Å²) in [6.45, 7) is -0.0509. The highest BCUT2D eigenvalue weighted by atomic mass is 35.5. The van der Waals surface area contributed by atoms with Crippen LogP contribution in [-0.4, -0.2) is 28.6 Å². The summed E-state index contributed by atoms with van der Waals surface area (Å²) in [6.07, 6.45) is -2.37. The number of halogens is 3. The molecule has 0 spiro atoms. The van der Waals surface area contributed by atoms with Crippen molar-refractivity contribution in [3.8, 4) is 0 Å². The molecule has 0 aliphatic heterocycles. The number of carboxylic acids is 1. The van der Waals surface area contributed by atoms with Crippen molar-refractivity contribution in [3.63, 3.8) is 0 Å². The van der Waals surface area contributed by atoms with Crippen LogP contribution in [0.4, 0.5) is 13.6 Å². The molecule has 0 bridgehead atoms. The number of rotatable bonds is 7. The van der Waals surface area contributed by atoms with Gasteiger partial charge in [-0.1, -0.05) is 30.3 Å². The van der Waals surface area contributed by atoms with E-state index in [0.717, 1.165) is 0 Å². The first-order chi connectivity index (χ1) is 9.78. The van der Waals surface area contributed by atoms with Crippen LogP contribution in [0, 0.1) is 0 Å². The van der Waals surface area contributed by atoms with Crippen molar-refractivity contribution in [1.82, 2.24) is 5.32 Å². The molecule has 1 unspecified atom stereocenters. The van der Waals surface area contributed by atoms with Gasteiger partial charge in [0.05, 0.1) is 0 Å². The third-order valence-electron chi connectivity index (χ3n) is 2.52. The number of carboxylic acid groups (broad SMARTS) is 1. The first kappa shape index (κ1) is 17.2. The molecule has 1 amide bonds. The van der Waals surface area contributed by atoms with Crippen LogP contribution in [0.15, 0.2) is 30.3 Å². The van der Waals surface area contributed by atoms with Crippen molar-refractivity contribution in [2.24, 2.45) is 0 Å². The monoisotopic (exact) mass is 321 g/mol. The molecule has 1 aromatic rings. The van der Waals surface area contributed by atoms with Crippen LogP contribution >= 0.6 is 11.6 Å². The maximum Gasteiger partial charge on any atom is 0.408 e. The number of hydrogen-bond donors (Lipinski definition) is 2. The molecule has 1 rings (SSSR count). The topological polar surface area (TPSA) is 75.6 Å². The molecule has 0 aliphatic carbocycles. The lowest BCUT2D eigenvalue weighted by Gasteiger charge is -2.16. The molecular formula is C13H14ClF2NO4. The number of nitrogens with one attached hydrogen (secondary N) is 1. The van der Waals surface area contributed by atoms with Crippen LogP contribution in [0.2, 0.25) is 0 Å². The van der Waals surface area contributed by atoms with E-state index in [1.807, 2.05) is 5.32 Å². The fraction of sp³-hybridized carbons (Fsp3) is 0.385. The molecular weight excluding hydrogens is 308 g/mol. The lowest BCUT2D eigenvalue weighted by Crippen LogP contribution is -2.41. The van der Waals surface area contributed by atoms with Crippen molar-refractivity contribution in [2.45, 2.75) is 30.9 Å². The van der Waals surface area contributed by atoms with Gasteiger partial charge in [0.15, 0.2) is 0 Å². The van der Waals surface area contributed by atoms with Gasteiger partial charge in [-0.05, 0) is 23.6 Å². The van der Waals surface area contributed by atoms with Crippen molar-refractivity contribution in [2.75, 3.05) is 0 Å². The molecule has 5 nitrogen and oxygen atoms in total. The highest BCUT2D eigenvalue weighted by Crippen LogP contribution is 2.25. The Morgan fingerprint density at radius 1 is 1.33 bits per heavy atom. The number of carbonyl (C=O) groups is 2. The highest BCUT2D eigenvalue weighted by molar-refractivity contribution is 6.21. The van der Waals surface area contributed by atoms with Crippen molar-refractivity contribution in [1.29, 1.82) is 0 Å². The Kier molecular flexibility index (Phi) is 6.36. The van der Waals surface area contributed by atoms with Gasteiger partial charge in [-0.25, -0.2) is 9.59 Å². The lowest BCUT2D eigenvalue weighted by atomic mass is 10.1. The van der Waals surface area contributed by atoms with E-state index in [4.69, 9.17) is 9.84 Å². The fourth-order valence-electron chi connectivity index (χ4n) is 1.47.